The van der Waals surface area contributed by atoms with Gasteiger partial charge in [-0.15, -0.1) is 0 Å². The zero-order valence-electron chi connectivity index (χ0n) is 13.8. The van der Waals surface area contributed by atoms with Crippen molar-refractivity contribution in [2.75, 3.05) is 11.1 Å². The molecule has 0 aliphatic heterocycles. The fourth-order valence-corrected chi connectivity index (χ4v) is 2.98. The van der Waals surface area contributed by atoms with Gasteiger partial charge in [0.15, 0.2) is 6.10 Å². The van der Waals surface area contributed by atoms with Crippen LogP contribution in [0.5, 0.6) is 0 Å². The van der Waals surface area contributed by atoms with E-state index in [1.807, 2.05) is 0 Å². The summed E-state index contributed by atoms with van der Waals surface area (Å²) in [4.78, 5) is 24.8. The maximum atomic E-state index is 12.9. The monoisotopic (exact) mass is 363 g/mol. The van der Waals surface area contributed by atoms with Gasteiger partial charge in [0.1, 0.15) is 5.82 Å². The molecule has 0 radical (unpaired) electrons. The van der Waals surface area contributed by atoms with E-state index in [0.29, 0.717) is 16.3 Å². The standard InChI is InChI=1S/C18H18FNO4S/c1-3-25(23)16-7-5-4-6-15(16)18(22)24-12(2)17(21)20-14-10-8-13(19)9-11-14/h4-12H,3H2,1-2H3,(H,20,21)/t12-,25+/m0/s1. The molecule has 132 valence electrons. The molecule has 0 heterocycles. The van der Waals surface area contributed by atoms with Crippen LogP contribution in [0, 0.1) is 5.82 Å². The van der Waals surface area contributed by atoms with Crippen molar-refractivity contribution in [3.8, 4) is 0 Å². The number of hydrogen-bond donors (Lipinski definition) is 1. The van der Waals surface area contributed by atoms with Crippen LogP contribution in [0.25, 0.3) is 0 Å². The Morgan fingerprint density at radius 2 is 1.80 bits per heavy atom. The lowest BCUT2D eigenvalue weighted by molar-refractivity contribution is -0.123. The van der Waals surface area contributed by atoms with E-state index in [-0.39, 0.29) is 5.56 Å². The van der Waals surface area contributed by atoms with E-state index < -0.39 is 34.6 Å². The van der Waals surface area contributed by atoms with E-state index >= 15 is 0 Å². The van der Waals surface area contributed by atoms with Crippen molar-refractivity contribution in [2.45, 2.75) is 24.8 Å². The highest BCUT2D eigenvalue weighted by Crippen LogP contribution is 2.16. The molecular weight excluding hydrogens is 345 g/mol. The molecule has 5 nitrogen and oxygen atoms in total. The van der Waals surface area contributed by atoms with Gasteiger partial charge in [0, 0.05) is 11.4 Å². The van der Waals surface area contributed by atoms with Crippen LogP contribution in [-0.2, 0) is 20.3 Å². The highest BCUT2D eigenvalue weighted by molar-refractivity contribution is 7.85. The van der Waals surface area contributed by atoms with E-state index in [1.54, 1.807) is 25.1 Å². The zero-order valence-corrected chi connectivity index (χ0v) is 14.6. The Hall–Kier alpha value is -2.54. The molecule has 1 N–H and O–H groups in total. The Balaban J connectivity index is 2.06. The molecule has 0 aromatic heterocycles. The Morgan fingerprint density at radius 3 is 2.44 bits per heavy atom. The molecule has 2 aromatic carbocycles. The summed E-state index contributed by atoms with van der Waals surface area (Å²) < 4.78 is 30.1. The van der Waals surface area contributed by atoms with Gasteiger partial charge in [-0.25, -0.2) is 9.18 Å². The van der Waals surface area contributed by atoms with Gasteiger partial charge in [-0.3, -0.25) is 9.00 Å². The van der Waals surface area contributed by atoms with Crippen molar-refractivity contribution >= 4 is 28.4 Å². The quantitative estimate of drug-likeness (QED) is 0.801. The lowest BCUT2D eigenvalue weighted by Crippen LogP contribution is -2.30. The van der Waals surface area contributed by atoms with Crippen molar-refractivity contribution in [3.05, 3.63) is 59.9 Å². The minimum Gasteiger partial charge on any atom is -0.449 e. The first-order valence-electron chi connectivity index (χ1n) is 7.67. The second-order valence-electron chi connectivity index (χ2n) is 5.17. The third-order valence-electron chi connectivity index (χ3n) is 3.38. The molecule has 0 aliphatic carbocycles. The molecular formula is C18H18FNO4S. The molecule has 0 bridgehead atoms. The summed E-state index contributed by atoms with van der Waals surface area (Å²) in [5, 5.41) is 2.53. The largest absolute Gasteiger partial charge is 0.449 e. The summed E-state index contributed by atoms with van der Waals surface area (Å²) in [7, 11) is -1.32. The van der Waals surface area contributed by atoms with Gasteiger partial charge < -0.3 is 10.1 Å². The number of halogens is 1. The van der Waals surface area contributed by atoms with Gasteiger partial charge in [0.25, 0.3) is 5.91 Å². The van der Waals surface area contributed by atoms with Crippen molar-refractivity contribution in [3.63, 3.8) is 0 Å². The molecule has 2 atom stereocenters. The maximum absolute atomic E-state index is 12.9. The summed E-state index contributed by atoms with van der Waals surface area (Å²) in [6, 6.07) is 11.7. The number of benzene rings is 2. The number of amides is 1. The van der Waals surface area contributed by atoms with E-state index in [0.717, 1.165) is 0 Å². The Kier molecular flexibility index (Phi) is 6.41. The van der Waals surface area contributed by atoms with Crippen molar-refractivity contribution in [1.82, 2.24) is 0 Å². The second kappa shape index (κ2) is 8.53. The van der Waals surface area contributed by atoms with E-state index in [2.05, 4.69) is 5.32 Å². The van der Waals surface area contributed by atoms with E-state index in [1.165, 1.54) is 37.3 Å². The predicted octanol–water partition coefficient (Wildman–Crippen LogP) is 3.14. The number of rotatable bonds is 6. The SMILES string of the molecule is CC[S@@](=O)c1ccccc1C(=O)O[C@@H](C)C(=O)Nc1ccc(F)cc1. The van der Waals surface area contributed by atoms with Gasteiger partial charge in [0.05, 0.1) is 21.3 Å². The van der Waals surface area contributed by atoms with Crippen LogP contribution >= 0.6 is 0 Å². The second-order valence-corrected chi connectivity index (χ2v) is 6.88. The van der Waals surface area contributed by atoms with Crippen LogP contribution in [0.3, 0.4) is 0 Å². The molecule has 1 amide bonds. The number of nitrogens with one attached hydrogen (secondary N) is 1. The fraction of sp³-hybridized carbons (Fsp3) is 0.222. The number of hydrogen-bond acceptors (Lipinski definition) is 4. The predicted molar refractivity (Wildman–Crippen MR) is 93.3 cm³/mol. The molecule has 7 heteroatoms. The first kappa shape index (κ1) is 18.8. The molecule has 0 saturated carbocycles. The summed E-state index contributed by atoms with van der Waals surface area (Å²) in [5.41, 5.74) is 0.561. The van der Waals surface area contributed by atoms with Crippen LogP contribution in [0.2, 0.25) is 0 Å². The topological polar surface area (TPSA) is 72.5 Å². The third kappa shape index (κ3) is 4.96. The van der Waals surface area contributed by atoms with Crippen molar-refractivity contribution < 1.29 is 22.9 Å². The van der Waals surface area contributed by atoms with Crippen LogP contribution in [-0.4, -0.2) is 27.9 Å². The van der Waals surface area contributed by atoms with Gasteiger partial charge in [-0.2, -0.15) is 0 Å². The summed E-state index contributed by atoms with van der Waals surface area (Å²) >= 11 is 0. The highest BCUT2D eigenvalue weighted by Gasteiger charge is 2.22. The average molecular weight is 363 g/mol. The smallest absolute Gasteiger partial charge is 0.340 e. The van der Waals surface area contributed by atoms with Crippen molar-refractivity contribution in [2.24, 2.45) is 0 Å². The van der Waals surface area contributed by atoms with E-state index in [9.17, 15) is 18.2 Å². The molecule has 0 fully saturated rings. The molecule has 25 heavy (non-hydrogen) atoms. The average Bonchev–Trinajstić information content (AvgIpc) is 2.62. The zero-order chi connectivity index (χ0) is 18.4. The molecule has 2 rings (SSSR count). The molecule has 0 spiro atoms. The summed E-state index contributed by atoms with van der Waals surface area (Å²) in [6.45, 7) is 3.17. The normalized spacial score (nSPS) is 12.9. The Morgan fingerprint density at radius 1 is 1.16 bits per heavy atom. The van der Waals surface area contributed by atoms with Crippen LogP contribution in [0.4, 0.5) is 10.1 Å². The van der Waals surface area contributed by atoms with Gasteiger partial charge in [-0.1, -0.05) is 19.1 Å². The number of esters is 1. The number of anilines is 1. The first-order valence-corrected chi connectivity index (χ1v) is 8.99. The summed E-state index contributed by atoms with van der Waals surface area (Å²) in [5.74, 6) is -1.32. The molecule has 2 aromatic rings. The molecule has 0 aliphatic rings. The van der Waals surface area contributed by atoms with Crippen LogP contribution < -0.4 is 5.32 Å². The number of carbonyl (C=O) groups excluding carboxylic acids is 2. The lowest BCUT2D eigenvalue weighted by atomic mass is 10.2. The van der Waals surface area contributed by atoms with Crippen LogP contribution in [0.1, 0.15) is 24.2 Å². The van der Waals surface area contributed by atoms with Gasteiger partial charge in [-0.05, 0) is 43.3 Å². The highest BCUT2D eigenvalue weighted by atomic mass is 32.2. The van der Waals surface area contributed by atoms with Gasteiger partial charge in [0.2, 0.25) is 0 Å². The fourth-order valence-electron chi connectivity index (χ4n) is 2.04. The Labute approximate surface area is 147 Å². The van der Waals surface area contributed by atoms with Crippen molar-refractivity contribution in [1.29, 1.82) is 0 Å². The Bertz CT molecular complexity index is 792. The number of ether oxygens (including phenoxy) is 1. The summed E-state index contributed by atoms with van der Waals surface area (Å²) in [6.07, 6.45) is -1.07. The first-order chi connectivity index (χ1) is 11.9. The van der Waals surface area contributed by atoms with E-state index in [4.69, 9.17) is 4.74 Å². The van der Waals surface area contributed by atoms with Crippen LogP contribution in [0.15, 0.2) is 53.4 Å². The minimum absolute atomic E-state index is 0.170. The molecule has 0 unspecified atom stereocenters. The third-order valence-corrected chi connectivity index (χ3v) is 4.75. The van der Waals surface area contributed by atoms with Gasteiger partial charge >= 0.3 is 5.97 Å². The number of carbonyl (C=O) groups is 2. The maximum Gasteiger partial charge on any atom is 0.340 e. The minimum atomic E-state index is -1.32. The molecule has 0 saturated heterocycles. The lowest BCUT2D eigenvalue weighted by Gasteiger charge is -2.15.